The molecular formula is C17H32N2. The van der Waals surface area contributed by atoms with Crippen molar-refractivity contribution in [3.05, 3.63) is 0 Å². The van der Waals surface area contributed by atoms with E-state index in [2.05, 4.69) is 23.6 Å². The summed E-state index contributed by atoms with van der Waals surface area (Å²) in [5, 5.41) is 0. The fourth-order valence-electron chi connectivity index (χ4n) is 4.72. The third kappa shape index (κ3) is 3.16. The van der Waals surface area contributed by atoms with Gasteiger partial charge in [0.2, 0.25) is 0 Å². The number of hydrogen-bond acceptors (Lipinski definition) is 2. The summed E-state index contributed by atoms with van der Waals surface area (Å²) in [6.45, 7) is 11.6. The normalized spacial score (nSPS) is 29.8. The molecule has 0 radical (unpaired) electrons. The lowest BCUT2D eigenvalue weighted by Gasteiger charge is -2.54. The Morgan fingerprint density at radius 2 is 1.58 bits per heavy atom. The standard InChI is InChI=1S/C17H32N2/c1-15(2)19-10-6-17(7-11-19)12-16(13-17)14-18-8-4-3-5-9-18/h15-16H,3-14H2,1-2H3. The smallest absolute Gasteiger partial charge is 0.00385 e. The molecule has 3 fully saturated rings. The quantitative estimate of drug-likeness (QED) is 0.771. The number of hydrogen-bond donors (Lipinski definition) is 0. The zero-order chi connectivity index (χ0) is 13.3. The summed E-state index contributed by atoms with van der Waals surface area (Å²) in [6, 6.07) is 0.751. The van der Waals surface area contributed by atoms with Gasteiger partial charge in [-0.05, 0) is 89.9 Å². The number of likely N-dealkylation sites (tertiary alicyclic amines) is 2. The Morgan fingerprint density at radius 3 is 2.16 bits per heavy atom. The van der Waals surface area contributed by atoms with E-state index in [1.54, 1.807) is 0 Å². The summed E-state index contributed by atoms with van der Waals surface area (Å²) in [5.41, 5.74) is 0.770. The van der Waals surface area contributed by atoms with Crippen LogP contribution < -0.4 is 0 Å². The lowest BCUT2D eigenvalue weighted by atomic mass is 9.57. The van der Waals surface area contributed by atoms with Crippen LogP contribution >= 0.6 is 0 Å². The molecule has 110 valence electrons. The molecule has 2 saturated heterocycles. The van der Waals surface area contributed by atoms with Crippen LogP contribution in [0.1, 0.15) is 58.8 Å². The van der Waals surface area contributed by atoms with Crippen molar-refractivity contribution in [2.45, 2.75) is 64.8 Å². The number of rotatable bonds is 3. The van der Waals surface area contributed by atoms with Crippen LogP contribution in [0.3, 0.4) is 0 Å². The van der Waals surface area contributed by atoms with Crippen LogP contribution in [-0.4, -0.2) is 48.6 Å². The van der Waals surface area contributed by atoms with Crippen LogP contribution in [0.4, 0.5) is 0 Å². The molecule has 0 N–H and O–H groups in total. The molecule has 1 saturated carbocycles. The van der Waals surface area contributed by atoms with Crippen LogP contribution in [-0.2, 0) is 0 Å². The Morgan fingerprint density at radius 1 is 0.947 bits per heavy atom. The van der Waals surface area contributed by atoms with Crippen molar-refractivity contribution in [2.75, 3.05) is 32.7 Å². The molecule has 2 heteroatoms. The van der Waals surface area contributed by atoms with Crippen molar-refractivity contribution in [2.24, 2.45) is 11.3 Å². The summed E-state index contributed by atoms with van der Waals surface area (Å²) in [7, 11) is 0. The summed E-state index contributed by atoms with van der Waals surface area (Å²) in [4.78, 5) is 5.41. The molecule has 3 rings (SSSR count). The molecule has 0 amide bonds. The first-order valence-corrected chi connectivity index (χ1v) is 8.63. The summed E-state index contributed by atoms with van der Waals surface area (Å²) in [6.07, 6.45) is 10.4. The van der Waals surface area contributed by atoms with Gasteiger partial charge in [0.15, 0.2) is 0 Å². The first-order chi connectivity index (χ1) is 9.17. The van der Waals surface area contributed by atoms with Gasteiger partial charge in [-0.15, -0.1) is 0 Å². The maximum atomic E-state index is 2.74. The highest BCUT2D eigenvalue weighted by atomic mass is 15.2. The molecule has 19 heavy (non-hydrogen) atoms. The molecule has 0 atom stereocenters. The van der Waals surface area contributed by atoms with E-state index in [-0.39, 0.29) is 0 Å². The van der Waals surface area contributed by atoms with Gasteiger partial charge in [-0.25, -0.2) is 0 Å². The Hall–Kier alpha value is -0.0800. The molecule has 2 heterocycles. The molecule has 0 aromatic rings. The predicted octanol–water partition coefficient (Wildman–Crippen LogP) is 3.37. The molecule has 2 aliphatic heterocycles. The topological polar surface area (TPSA) is 6.48 Å². The molecule has 1 aliphatic carbocycles. The zero-order valence-corrected chi connectivity index (χ0v) is 13.0. The molecule has 1 spiro atoms. The first-order valence-electron chi connectivity index (χ1n) is 8.63. The molecule has 0 aromatic heterocycles. The fourth-order valence-corrected chi connectivity index (χ4v) is 4.72. The lowest BCUT2D eigenvalue weighted by Crippen LogP contribution is -2.51. The van der Waals surface area contributed by atoms with E-state index < -0.39 is 0 Å². The minimum absolute atomic E-state index is 0.751. The average Bonchev–Trinajstić information content (AvgIpc) is 2.39. The number of piperidine rings is 2. The maximum absolute atomic E-state index is 2.74. The first kappa shape index (κ1) is 13.9. The molecule has 2 nitrogen and oxygen atoms in total. The third-order valence-corrected chi connectivity index (χ3v) is 6.00. The molecule has 0 unspecified atom stereocenters. The highest BCUT2D eigenvalue weighted by Gasteiger charge is 2.46. The van der Waals surface area contributed by atoms with Crippen molar-refractivity contribution in [3.63, 3.8) is 0 Å². The van der Waals surface area contributed by atoms with Gasteiger partial charge in [0.25, 0.3) is 0 Å². The van der Waals surface area contributed by atoms with E-state index in [0.29, 0.717) is 0 Å². The predicted molar refractivity (Wildman–Crippen MR) is 81.4 cm³/mol. The van der Waals surface area contributed by atoms with Crippen molar-refractivity contribution in [3.8, 4) is 0 Å². The second-order valence-corrected chi connectivity index (χ2v) is 7.77. The van der Waals surface area contributed by atoms with E-state index in [1.807, 2.05) is 0 Å². The van der Waals surface area contributed by atoms with E-state index in [9.17, 15) is 0 Å². The monoisotopic (exact) mass is 264 g/mol. The Labute approximate surface area is 119 Å². The van der Waals surface area contributed by atoms with E-state index >= 15 is 0 Å². The lowest BCUT2D eigenvalue weighted by molar-refractivity contribution is -0.0334. The largest absolute Gasteiger partial charge is 0.303 e. The van der Waals surface area contributed by atoms with Crippen LogP contribution in [0.15, 0.2) is 0 Å². The van der Waals surface area contributed by atoms with Gasteiger partial charge in [0.05, 0.1) is 0 Å². The van der Waals surface area contributed by atoms with Crippen molar-refractivity contribution >= 4 is 0 Å². The van der Waals surface area contributed by atoms with Gasteiger partial charge in [-0.3, -0.25) is 0 Å². The summed E-state index contributed by atoms with van der Waals surface area (Å²) >= 11 is 0. The fraction of sp³-hybridized carbons (Fsp3) is 1.00. The van der Waals surface area contributed by atoms with Gasteiger partial charge in [-0.1, -0.05) is 6.42 Å². The Balaban J connectivity index is 1.40. The minimum atomic E-state index is 0.751. The van der Waals surface area contributed by atoms with Crippen molar-refractivity contribution in [1.29, 1.82) is 0 Å². The average molecular weight is 264 g/mol. The van der Waals surface area contributed by atoms with Gasteiger partial charge < -0.3 is 9.80 Å². The molecule has 0 aromatic carbocycles. The van der Waals surface area contributed by atoms with E-state index in [4.69, 9.17) is 0 Å². The van der Waals surface area contributed by atoms with E-state index in [0.717, 1.165) is 17.4 Å². The van der Waals surface area contributed by atoms with Crippen LogP contribution in [0, 0.1) is 11.3 Å². The second-order valence-electron chi connectivity index (χ2n) is 7.77. The molecule has 3 aliphatic rings. The molecular weight excluding hydrogens is 232 g/mol. The highest BCUT2D eigenvalue weighted by Crippen LogP contribution is 2.52. The van der Waals surface area contributed by atoms with Crippen LogP contribution in [0.5, 0.6) is 0 Å². The Bertz CT molecular complexity index is 278. The van der Waals surface area contributed by atoms with Gasteiger partial charge in [-0.2, -0.15) is 0 Å². The van der Waals surface area contributed by atoms with Gasteiger partial charge in [0.1, 0.15) is 0 Å². The SMILES string of the molecule is CC(C)N1CCC2(CC1)CC(CN1CCCCC1)C2. The van der Waals surface area contributed by atoms with Crippen LogP contribution in [0.25, 0.3) is 0 Å². The second kappa shape index (κ2) is 5.73. The molecule has 0 bridgehead atoms. The Kier molecular flexibility index (Phi) is 4.19. The van der Waals surface area contributed by atoms with Crippen molar-refractivity contribution < 1.29 is 0 Å². The van der Waals surface area contributed by atoms with Crippen LogP contribution in [0.2, 0.25) is 0 Å². The summed E-state index contributed by atoms with van der Waals surface area (Å²) in [5.74, 6) is 1.03. The van der Waals surface area contributed by atoms with Gasteiger partial charge in [0, 0.05) is 12.6 Å². The van der Waals surface area contributed by atoms with E-state index in [1.165, 1.54) is 77.7 Å². The minimum Gasteiger partial charge on any atom is -0.303 e. The van der Waals surface area contributed by atoms with Gasteiger partial charge >= 0.3 is 0 Å². The third-order valence-electron chi connectivity index (χ3n) is 6.00. The maximum Gasteiger partial charge on any atom is 0.00385 e. The van der Waals surface area contributed by atoms with Crippen molar-refractivity contribution in [1.82, 2.24) is 9.80 Å². The zero-order valence-electron chi connectivity index (χ0n) is 13.0. The highest BCUT2D eigenvalue weighted by molar-refractivity contribution is 4.98. The number of nitrogens with zero attached hydrogens (tertiary/aromatic N) is 2. The summed E-state index contributed by atoms with van der Waals surface area (Å²) < 4.78 is 0.